The van der Waals surface area contributed by atoms with Gasteiger partial charge in [-0.2, -0.15) is 10.5 Å². The molecular formula is C6H10N4. The quantitative estimate of drug-likeness (QED) is 0.417. The molecule has 0 bridgehead atoms. The van der Waals surface area contributed by atoms with Gasteiger partial charge in [0.2, 0.25) is 0 Å². The number of nitrogens with two attached hydrogens (primary N) is 2. The van der Waals surface area contributed by atoms with Crippen molar-refractivity contribution in [3.63, 3.8) is 0 Å². The molecule has 0 amide bonds. The molecule has 0 saturated carbocycles. The van der Waals surface area contributed by atoms with Crippen LogP contribution in [0.2, 0.25) is 0 Å². The van der Waals surface area contributed by atoms with E-state index in [-0.39, 0.29) is 0 Å². The van der Waals surface area contributed by atoms with Crippen molar-refractivity contribution in [3.05, 3.63) is 0 Å². The van der Waals surface area contributed by atoms with Crippen molar-refractivity contribution in [1.29, 1.82) is 10.5 Å². The van der Waals surface area contributed by atoms with Crippen molar-refractivity contribution >= 4 is 0 Å². The monoisotopic (exact) mass is 138 g/mol. The van der Waals surface area contributed by atoms with Gasteiger partial charge >= 0.3 is 0 Å². The Morgan fingerprint density at radius 3 is 2.30 bits per heavy atom. The molecule has 4 heteroatoms. The molecule has 10 heavy (non-hydrogen) atoms. The molecule has 0 unspecified atom stereocenters. The first kappa shape index (κ1) is 8.90. The van der Waals surface area contributed by atoms with E-state index < -0.39 is 5.66 Å². The van der Waals surface area contributed by atoms with Crippen LogP contribution in [0.15, 0.2) is 0 Å². The Bertz CT molecular complexity index is 171. The molecule has 0 aromatic rings. The van der Waals surface area contributed by atoms with Crippen LogP contribution in [0, 0.1) is 22.7 Å². The number of hydrogen-bond donors (Lipinski definition) is 2. The predicted octanol–water partition coefficient (Wildman–Crippen LogP) is -0.182. The second-order valence-corrected chi connectivity index (χ2v) is 2.16. The summed E-state index contributed by atoms with van der Waals surface area (Å²) in [7, 11) is 0. The summed E-state index contributed by atoms with van der Waals surface area (Å²) in [5.74, 6) is 0. The summed E-state index contributed by atoms with van der Waals surface area (Å²) in [6.07, 6.45) is 1.35. The van der Waals surface area contributed by atoms with E-state index in [9.17, 15) is 0 Å². The minimum absolute atomic E-state index is 0.372. The van der Waals surface area contributed by atoms with Crippen LogP contribution >= 0.6 is 0 Å². The van der Waals surface area contributed by atoms with Crippen LogP contribution in [0.5, 0.6) is 0 Å². The number of nitrogens with zero attached hydrogens (tertiary/aromatic N) is 2. The summed E-state index contributed by atoms with van der Waals surface area (Å²) in [6.45, 7) is 0. The van der Waals surface area contributed by atoms with E-state index in [0.717, 1.165) is 0 Å². The molecule has 54 valence electrons. The van der Waals surface area contributed by atoms with Gasteiger partial charge in [0, 0.05) is 6.42 Å². The maximum Gasteiger partial charge on any atom is 0.153 e. The summed E-state index contributed by atoms with van der Waals surface area (Å²) >= 11 is 0. The van der Waals surface area contributed by atoms with Gasteiger partial charge in [0.15, 0.2) is 5.66 Å². The van der Waals surface area contributed by atoms with Crippen LogP contribution in [-0.4, -0.2) is 5.66 Å². The standard InChI is InChI=1S/C6H10N4/c7-4-2-1-3-6(9,10)5-8/h1-3,9-10H2. The molecule has 0 aromatic heterocycles. The zero-order valence-electron chi connectivity index (χ0n) is 5.67. The van der Waals surface area contributed by atoms with Gasteiger partial charge in [0.05, 0.1) is 6.07 Å². The fourth-order valence-electron chi connectivity index (χ4n) is 0.516. The highest BCUT2D eigenvalue weighted by molar-refractivity contribution is 4.99. The highest BCUT2D eigenvalue weighted by atomic mass is 14.9. The predicted molar refractivity (Wildman–Crippen MR) is 36.2 cm³/mol. The zero-order valence-corrected chi connectivity index (χ0v) is 5.67. The fourth-order valence-corrected chi connectivity index (χ4v) is 0.516. The number of hydrogen-bond acceptors (Lipinski definition) is 4. The van der Waals surface area contributed by atoms with Crippen LogP contribution in [-0.2, 0) is 0 Å². The van der Waals surface area contributed by atoms with Gasteiger partial charge in [-0.1, -0.05) is 0 Å². The number of nitriles is 2. The molecule has 0 rings (SSSR count). The Labute approximate surface area is 60.0 Å². The second-order valence-electron chi connectivity index (χ2n) is 2.16. The lowest BCUT2D eigenvalue weighted by atomic mass is 10.1. The molecular weight excluding hydrogens is 128 g/mol. The summed E-state index contributed by atoms with van der Waals surface area (Å²) in [4.78, 5) is 0. The lowest BCUT2D eigenvalue weighted by molar-refractivity contribution is 0.502. The van der Waals surface area contributed by atoms with E-state index in [1.165, 1.54) is 0 Å². The first-order valence-electron chi connectivity index (χ1n) is 2.98. The van der Waals surface area contributed by atoms with Gasteiger partial charge < -0.3 is 11.5 Å². The average molecular weight is 138 g/mol. The second kappa shape index (κ2) is 3.84. The Morgan fingerprint density at radius 1 is 1.30 bits per heavy atom. The van der Waals surface area contributed by atoms with Crippen molar-refractivity contribution in [2.75, 3.05) is 0 Å². The highest BCUT2D eigenvalue weighted by Crippen LogP contribution is 2.02. The SMILES string of the molecule is N#CCCCC(N)(N)C#N. The number of unbranched alkanes of at least 4 members (excludes halogenated alkanes) is 1. The first-order chi connectivity index (χ1) is 4.62. The van der Waals surface area contributed by atoms with Crippen LogP contribution < -0.4 is 11.5 Å². The van der Waals surface area contributed by atoms with E-state index in [1.54, 1.807) is 6.07 Å². The third kappa shape index (κ3) is 3.85. The molecule has 0 aliphatic carbocycles. The summed E-state index contributed by atoms with van der Waals surface area (Å²) in [6, 6.07) is 3.69. The molecule has 0 aliphatic rings. The lowest BCUT2D eigenvalue weighted by Gasteiger charge is -2.12. The van der Waals surface area contributed by atoms with Gasteiger partial charge in [-0.3, -0.25) is 0 Å². The molecule has 0 spiro atoms. The van der Waals surface area contributed by atoms with Crippen LogP contribution in [0.25, 0.3) is 0 Å². The fraction of sp³-hybridized carbons (Fsp3) is 0.667. The van der Waals surface area contributed by atoms with Crippen LogP contribution in [0.4, 0.5) is 0 Å². The Balaban J connectivity index is 3.52. The zero-order chi connectivity index (χ0) is 8.04. The van der Waals surface area contributed by atoms with Crippen LogP contribution in [0.1, 0.15) is 19.3 Å². The van der Waals surface area contributed by atoms with Gasteiger partial charge in [-0.05, 0) is 12.8 Å². The molecule has 0 atom stereocenters. The number of rotatable bonds is 3. The lowest BCUT2D eigenvalue weighted by Crippen LogP contribution is -2.47. The molecule has 0 aliphatic heterocycles. The van der Waals surface area contributed by atoms with Crippen molar-refractivity contribution in [2.24, 2.45) is 11.5 Å². The maximum absolute atomic E-state index is 8.31. The molecule has 0 saturated heterocycles. The minimum Gasteiger partial charge on any atom is -0.301 e. The Hall–Kier alpha value is -1.10. The smallest absolute Gasteiger partial charge is 0.153 e. The normalized spacial score (nSPS) is 10.0. The van der Waals surface area contributed by atoms with Crippen molar-refractivity contribution < 1.29 is 0 Å². The van der Waals surface area contributed by atoms with Crippen molar-refractivity contribution in [1.82, 2.24) is 0 Å². The van der Waals surface area contributed by atoms with E-state index in [4.69, 9.17) is 22.0 Å². The first-order valence-corrected chi connectivity index (χ1v) is 2.98. The van der Waals surface area contributed by atoms with Crippen LogP contribution in [0.3, 0.4) is 0 Å². The maximum atomic E-state index is 8.31. The molecule has 0 aromatic carbocycles. The van der Waals surface area contributed by atoms with Crippen molar-refractivity contribution in [2.45, 2.75) is 24.9 Å². The Morgan fingerprint density at radius 2 is 1.90 bits per heavy atom. The molecule has 0 heterocycles. The minimum atomic E-state index is -1.25. The third-order valence-corrected chi connectivity index (χ3v) is 1.09. The van der Waals surface area contributed by atoms with Crippen molar-refractivity contribution in [3.8, 4) is 12.1 Å². The molecule has 0 radical (unpaired) electrons. The molecule has 4 nitrogen and oxygen atoms in total. The third-order valence-electron chi connectivity index (χ3n) is 1.09. The summed E-state index contributed by atoms with van der Waals surface area (Å²) < 4.78 is 0. The van der Waals surface area contributed by atoms with Gasteiger partial charge in [-0.15, -0.1) is 0 Å². The topological polar surface area (TPSA) is 99.6 Å². The molecule has 4 N–H and O–H groups in total. The van der Waals surface area contributed by atoms with E-state index >= 15 is 0 Å². The van der Waals surface area contributed by atoms with Gasteiger partial charge in [-0.25, -0.2) is 0 Å². The van der Waals surface area contributed by atoms with E-state index in [0.29, 0.717) is 19.3 Å². The Kier molecular flexibility index (Phi) is 3.42. The van der Waals surface area contributed by atoms with E-state index in [1.807, 2.05) is 6.07 Å². The molecule has 0 fully saturated rings. The highest BCUT2D eigenvalue weighted by Gasteiger charge is 2.15. The summed E-state index contributed by atoms with van der Waals surface area (Å²) in [5.41, 5.74) is 9.27. The average Bonchev–Trinajstić information content (AvgIpc) is 1.89. The summed E-state index contributed by atoms with van der Waals surface area (Å²) in [5, 5.41) is 16.4. The van der Waals surface area contributed by atoms with Gasteiger partial charge in [0.25, 0.3) is 0 Å². The largest absolute Gasteiger partial charge is 0.301 e. The van der Waals surface area contributed by atoms with Gasteiger partial charge in [0.1, 0.15) is 6.07 Å². The van der Waals surface area contributed by atoms with E-state index in [2.05, 4.69) is 0 Å².